The maximum Gasteiger partial charge on any atom is 0.251 e. The highest BCUT2D eigenvalue weighted by atomic mass is 16.5. The smallest absolute Gasteiger partial charge is 0.251 e. The van der Waals surface area contributed by atoms with Gasteiger partial charge in [0, 0.05) is 49.9 Å². The van der Waals surface area contributed by atoms with Gasteiger partial charge in [-0.25, -0.2) is 0 Å². The number of carbonyl (C=O) groups is 3. The van der Waals surface area contributed by atoms with Crippen molar-refractivity contribution >= 4 is 23.3 Å². The molecular formula is C30H46N4O4. The van der Waals surface area contributed by atoms with Crippen molar-refractivity contribution in [1.29, 1.82) is 0 Å². The molecule has 1 aromatic carbocycles. The molecule has 4 rings (SSSR count). The van der Waals surface area contributed by atoms with Crippen molar-refractivity contribution in [3.05, 3.63) is 29.8 Å². The number of nitrogens with one attached hydrogen (secondary N) is 1. The van der Waals surface area contributed by atoms with E-state index in [0.717, 1.165) is 38.4 Å². The molecule has 0 radical (unpaired) electrons. The molecule has 1 N–H and O–H groups in total. The monoisotopic (exact) mass is 526 g/mol. The Balaban J connectivity index is 1.47. The minimum Gasteiger partial charge on any atom is -0.369 e. The van der Waals surface area contributed by atoms with E-state index in [2.05, 4.69) is 35.9 Å². The fourth-order valence-electron chi connectivity index (χ4n) is 6.05. The van der Waals surface area contributed by atoms with Crippen LogP contribution in [0.4, 0.5) is 5.69 Å². The molecule has 38 heavy (non-hydrogen) atoms. The van der Waals surface area contributed by atoms with Gasteiger partial charge >= 0.3 is 0 Å². The van der Waals surface area contributed by atoms with Gasteiger partial charge in [0.2, 0.25) is 5.91 Å². The van der Waals surface area contributed by atoms with E-state index < -0.39 is 17.5 Å². The molecule has 8 nitrogen and oxygen atoms in total. The summed E-state index contributed by atoms with van der Waals surface area (Å²) in [4.78, 5) is 46.7. The molecule has 3 heterocycles. The van der Waals surface area contributed by atoms with E-state index in [-0.39, 0.29) is 42.1 Å². The van der Waals surface area contributed by atoms with Gasteiger partial charge in [0.05, 0.1) is 6.10 Å². The van der Waals surface area contributed by atoms with Crippen LogP contribution in [0.15, 0.2) is 24.3 Å². The molecule has 8 heteroatoms. The molecule has 1 aromatic rings. The van der Waals surface area contributed by atoms with Crippen molar-refractivity contribution in [2.75, 3.05) is 50.8 Å². The summed E-state index contributed by atoms with van der Waals surface area (Å²) in [5, 5.41) is 3.06. The summed E-state index contributed by atoms with van der Waals surface area (Å²) in [5.41, 5.74) is 1.16. The quantitative estimate of drug-likeness (QED) is 0.532. The van der Waals surface area contributed by atoms with Gasteiger partial charge in [0.15, 0.2) is 5.78 Å². The Morgan fingerprint density at radius 2 is 1.74 bits per heavy atom. The Morgan fingerprint density at radius 3 is 2.32 bits per heavy atom. The Bertz CT molecular complexity index is 1000. The second-order valence-corrected chi connectivity index (χ2v) is 12.2. The van der Waals surface area contributed by atoms with Crippen molar-refractivity contribution in [2.24, 2.45) is 17.3 Å². The number of piperazine rings is 1. The fraction of sp³-hybridized carbons (Fsp3) is 0.700. The lowest BCUT2D eigenvalue weighted by Crippen LogP contribution is -2.57. The van der Waals surface area contributed by atoms with Crippen LogP contribution in [0, 0.1) is 17.3 Å². The lowest BCUT2D eigenvalue weighted by Gasteiger charge is -2.37. The van der Waals surface area contributed by atoms with E-state index in [1.165, 1.54) is 6.42 Å². The highest BCUT2D eigenvalue weighted by molar-refractivity contribution is 5.99. The molecule has 0 aromatic heterocycles. The number of amides is 2. The van der Waals surface area contributed by atoms with E-state index in [1.54, 1.807) is 4.90 Å². The van der Waals surface area contributed by atoms with E-state index in [9.17, 15) is 14.4 Å². The summed E-state index contributed by atoms with van der Waals surface area (Å²) >= 11 is 0. The summed E-state index contributed by atoms with van der Waals surface area (Å²) in [6.45, 7) is 18.2. The number of rotatable bonds is 9. The average molecular weight is 527 g/mol. The molecule has 0 bridgehead atoms. The van der Waals surface area contributed by atoms with Crippen LogP contribution >= 0.6 is 0 Å². The number of nitrogens with zero attached hydrogens (tertiary/aromatic N) is 3. The van der Waals surface area contributed by atoms with Crippen LogP contribution in [0.3, 0.4) is 0 Å². The first-order valence-corrected chi connectivity index (χ1v) is 14.4. The predicted octanol–water partition coefficient (Wildman–Crippen LogP) is 3.20. The first-order chi connectivity index (χ1) is 18.1. The van der Waals surface area contributed by atoms with E-state index in [4.69, 9.17) is 4.74 Å². The van der Waals surface area contributed by atoms with E-state index in [1.807, 2.05) is 45.0 Å². The highest BCUT2D eigenvalue weighted by Gasteiger charge is 2.54. The Kier molecular flexibility index (Phi) is 8.82. The number of fused-ring (bicyclic) bond motifs is 1. The number of benzene rings is 1. The number of hydrogen-bond acceptors (Lipinski definition) is 6. The zero-order valence-electron chi connectivity index (χ0n) is 24.0. The van der Waals surface area contributed by atoms with Crippen LogP contribution in [-0.4, -0.2) is 91.5 Å². The standard InChI is InChI=1S/C30H46N4O4/c1-7-13-32-14-16-33(17-15-32)22-11-9-21(10-12-22)28(36)31-27(30(5,6)8-2)29(37)34-18-23(20(3)4)26-25(34)24(35)19-38-26/h9-12,20,23,25-27H,7-8,13-19H2,1-6H3,(H,31,36)/t23-,25-,26-,27?/m1/s1. The van der Waals surface area contributed by atoms with Gasteiger partial charge in [-0.05, 0) is 55.0 Å². The van der Waals surface area contributed by atoms with Crippen LogP contribution in [0.1, 0.15) is 64.7 Å². The average Bonchev–Trinajstić information content (AvgIpc) is 3.48. The summed E-state index contributed by atoms with van der Waals surface area (Å²) < 4.78 is 5.83. The van der Waals surface area contributed by atoms with Crippen molar-refractivity contribution < 1.29 is 19.1 Å². The third-order valence-corrected chi connectivity index (χ3v) is 8.99. The molecule has 1 unspecified atom stereocenters. The molecular weight excluding hydrogens is 480 g/mol. The second kappa shape index (κ2) is 11.7. The van der Waals surface area contributed by atoms with Crippen LogP contribution < -0.4 is 10.2 Å². The molecule has 3 aliphatic rings. The number of likely N-dealkylation sites (tertiary alicyclic amines) is 1. The topological polar surface area (TPSA) is 82.2 Å². The Morgan fingerprint density at radius 1 is 1.08 bits per heavy atom. The number of hydrogen-bond donors (Lipinski definition) is 1. The van der Waals surface area contributed by atoms with Crippen molar-refractivity contribution in [3.63, 3.8) is 0 Å². The largest absolute Gasteiger partial charge is 0.369 e. The molecule has 210 valence electrons. The van der Waals surface area contributed by atoms with Crippen molar-refractivity contribution in [1.82, 2.24) is 15.1 Å². The SMILES string of the molecule is CCCN1CCN(c2ccc(C(=O)NC(C(=O)N3C[C@H](C(C)C)[C@H]4OCC(=O)[C@H]43)C(C)(C)CC)cc2)CC1. The van der Waals surface area contributed by atoms with Gasteiger partial charge in [-0.15, -0.1) is 0 Å². The van der Waals surface area contributed by atoms with Gasteiger partial charge in [-0.3, -0.25) is 19.3 Å². The summed E-state index contributed by atoms with van der Waals surface area (Å²) in [6, 6.07) is 6.39. The minimum absolute atomic E-state index is 0.0444. The normalized spacial score (nSPS) is 25.1. The van der Waals surface area contributed by atoms with E-state index in [0.29, 0.717) is 18.5 Å². The number of ether oxygens (including phenoxy) is 1. The number of anilines is 1. The summed E-state index contributed by atoms with van der Waals surface area (Å²) in [5.74, 6) is -0.116. The molecule has 0 spiro atoms. The zero-order valence-corrected chi connectivity index (χ0v) is 24.0. The fourth-order valence-corrected chi connectivity index (χ4v) is 6.05. The maximum atomic E-state index is 14.0. The summed E-state index contributed by atoms with van der Waals surface area (Å²) in [6.07, 6.45) is 1.61. The molecule has 0 aliphatic carbocycles. The second-order valence-electron chi connectivity index (χ2n) is 12.2. The molecule has 4 atom stereocenters. The highest BCUT2D eigenvalue weighted by Crippen LogP contribution is 2.38. The van der Waals surface area contributed by atoms with Crippen LogP contribution in [0.2, 0.25) is 0 Å². The van der Waals surface area contributed by atoms with Crippen molar-refractivity contribution in [2.45, 2.75) is 72.6 Å². The lowest BCUT2D eigenvalue weighted by molar-refractivity contribution is -0.140. The predicted molar refractivity (Wildman–Crippen MR) is 149 cm³/mol. The first kappa shape index (κ1) is 28.6. The molecule has 3 aliphatic heterocycles. The number of Topliss-reactive ketones (excluding diaryl/α,β-unsaturated/α-hetero) is 1. The molecule has 3 fully saturated rings. The van der Waals surface area contributed by atoms with Gasteiger partial charge in [0.1, 0.15) is 18.7 Å². The Labute approximate surface area is 228 Å². The third-order valence-electron chi connectivity index (χ3n) is 8.99. The summed E-state index contributed by atoms with van der Waals surface area (Å²) in [7, 11) is 0. The maximum absolute atomic E-state index is 14.0. The molecule has 3 saturated heterocycles. The minimum atomic E-state index is -0.744. The molecule has 2 amide bonds. The first-order valence-electron chi connectivity index (χ1n) is 14.4. The van der Waals surface area contributed by atoms with E-state index >= 15 is 0 Å². The number of carbonyl (C=O) groups excluding carboxylic acids is 3. The van der Waals surface area contributed by atoms with Crippen molar-refractivity contribution in [3.8, 4) is 0 Å². The van der Waals surface area contributed by atoms with Gasteiger partial charge in [-0.1, -0.05) is 41.5 Å². The van der Waals surface area contributed by atoms with Crippen LogP contribution in [-0.2, 0) is 14.3 Å². The van der Waals surface area contributed by atoms with Gasteiger partial charge < -0.3 is 19.9 Å². The number of ketones is 1. The van der Waals surface area contributed by atoms with Gasteiger partial charge in [-0.2, -0.15) is 0 Å². The third kappa shape index (κ3) is 5.76. The van der Waals surface area contributed by atoms with Gasteiger partial charge in [0.25, 0.3) is 5.91 Å². The molecule has 0 saturated carbocycles. The zero-order chi connectivity index (χ0) is 27.6. The van der Waals surface area contributed by atoms with Crippen LogP contribution in [0.5, 0.6) is 0 Å². The Hall–Kier alpha value is -2.45. The van der Waals surface area contributed by atoms with Crippen LogP contribution in [0.25, 0.3) is 0 Å². The lowest BCUT2D eigenvalue weighted by atomic mass is 9.80.